The third-order valence-corrected chi connectivity index (χ3v) is 7.69. The Morgan fingerprint density at radius 2 is 1.84 bits per heavy atom. The van der Waals surface area contributed by atoms with Crippen LogP contribution in [0.1, 0.15) is 48.9 Å². The molecule has 1 heterocycles. The molecule has 0 unspecified atom stereocenters. The Morgan fingerprint density at radius 3 is 2.51 bits per heavy atom. The third-order valence-electron chi connectivity index (χ3n) is 7.40. The normalized spacial score (nSPS) is 19.4. The molecule has 37 heavy (non-hydrogen) atoms. The van der Waals surface area contributed by atoms with Crippen LogP contribution < -0.4 is 15.4 Å². The number of methoxy groups -OCH3 is 1. The summed E-state index contributed by atoms with van der Waals surface area (Å²) in [5.74, 6) is 0.670. The Hall–Kier alpha value is -3.52. The van der Waals surface area contributed by atoms with E-state index in [9.17, 15) is 14.7 Å². The Balaban J connectivity index is 1.49. The molecule has 1 amide bonds. The molecule has 0 aliphatic heterocycles. The predicted octanol–water partition coefficient (Wildman–Crippen LogP) is 6.10. The Labute approximate surface area is 220 Å². The third kappa shape index (κ3) is 5.44. The van der Waals surface area contributed by atoms with Crippen molar-refractivity contribution in [1.29, 1.82) is 0 Å². The highest BCUT2D eigenvalue weighted by atomic mass is 35.5. The number of halogens is 1. The summed E-state index contributed by atoms with van der Waals surface area (Å²) in [4.78, 5) is 28.7. The van der Waals surface area contributed by atoms with E-state index in [-0.39, 0.29) is 34.3 Å². The molecule has 0 bridgehead atoms. The zero-order chi connectivity index (χ0) is 26.1. The SMILES string of the molecule is COc1cc(-c2ccc3ncc(C(=O)C4CC4)c(NC4CCC(CNC(=O)O)CC4)c3c2)cc(Cl)c1O. The maximum Gasteiger partial charge on any atom is 0.404 e. The van der Waals surface area contributed by atoms with Gasteiger partial charge in [0, 0.05) is 30.1 Å². The first kappa shape index (κ1) is 25.1. The summed E-state index contributed by atoms with van der Waals surface area (Å²) < 4.78 is 5.28. The average molecular weight is 524 g/mol. The van der Waals surface area contributed by atoms with Crippen molar-refractivity contribution >= 4 is 40.1 Å². The first-order valence-electron chi connectivity index (χ1n) is 12.6. The van der Waals surface area contributed by atoms with Gasteiger partial charge in [0.2, 0.25) is 0 Å². The molecule has 0 atom stereocenters. The number of ketones is 1. The van der Waals surface area contributed by atoms with Crippen LogP contribution in [0.2, 0.25) is 5.02 Å². The number of nitrogens with zero attached hydrogens (tertiary/aromatic N) is 1. The number of rotatable bonds is 8. The summed E-state index contributed by atoms with van der Waals surface area (Å²) in [6.07, 6.45) is 6.10. The van der Waals surface area contributed by atoms with Gasteiger partial charge in [0.25, 0.3) is 0 Å². The van der Waals surface area contributed by atoms with Crippen LogP contribution in [0, 0.1) is 11.8 Å². The number of nitrogens with one attached hydrogen (secondary N) is 2. The van der Waals surface area contributed by atoms with E-state index in [2.05, 4.69) is 15.6 Å². The van der Waals surface area contributed by atoms with Gasteiger partial charge in [-0.2, -0.15) is 0 Å². The van der Waals surface area contributed by atoms with E-state index in [4.69, 9.17) is 21.4 Å². The second kappa shape index (κ2) is 10.5. The largest absolute Gasteiger partial charge is 0.503 e. The van der Waals surface area contributed by atoms with Crippen LogP contribution in [0.25, 0.3) is 22.0 Å². The van der Waals surface area contributed by atoms with Crippen molar-refractivity contribution in [2.45, 2.75) is 44.6 Å². The second-order valence-electron chi connectivity index (χ2n) is 9.97. The summed E-state index contributed by atoms with van der Waals surface area (Å²) in [6.45, 7) is 0.466. The van der Waals surface area contributed by atoms with E-state index >= 15 is 0 Å². The Bertz CT molecular complexity index is 1350. The number of carboxylic acid groups (broad SMARTS) is 1. The van der Waals surface area contributed by atoms with Crippen LogP contribution in [0.3, 0.4) is 0 Å². The smallest absolute Gasteiger partial charge is 0.404 e. The van der Waals surface area contributed by atoms with Crippen molar-refractivity contribution in [3.05, 3.63) is 47.1 Å². The molecular weight excluding hydrogens is 494 g/mol. The van der Waals surface area contributed by atoms with Gasteiger partial charge in [-0.15, -0.1) is 0 Å². The van der Waals surface area contributed by atoms with Gasteiger partial charge < -0.3 is 25.6 Å². The zero-order valence-electron chi connectivity index (χ0n) is 20.6. The number of anilines is 1. The number of Topliss-reactive ketones (excluding diaryl/α,β-unsaturated/α-hetero) is 1. The van der Waals surface area contributed by atoms with Crippen molar-refractivity contribution in [2.75, 3.05) is 19.0 Å². The van der Waals surface area contributed by atoms with Crippen molar-refractivity contribution in [3.8, 4) is 22.6 Å². The minimum atomic E-state index is -0.991. The van der Waals surface area contributed by atoms with Gasteiger partial charge in [-0.25, -0.2) is 4.79 Å². The number of amides is 1. The van der Waals surface area contributed by atoms with E-state index in [0.717, 1.165) is 66.2 Å². The van der Waals surface area contributed by atoms with Crippen LogP contribution >= 0.6 is 11.6 Å². The number of fused-ring (bicyclic) bond motifs is 1. The summed E-state index contributed by atoms with van der Waals surface area (Å²) >= 11 is 6.25. The fraction of sp³-hybridized carbons (Fsp3) is 0.393. The van der Waals surface area contributed by atoms with Crippen LogP contribution in [-0.2, 0) is 0 Å². The molecule has 194 valence electrons. The fourth-order valence-electron chi connectivity index (χ4n) is 5.12. The highest BCUT2D eigenvalue weighted by Gasteiger charge is 2.33. The van der Waals surface area contributed by atoms with Gasteiger partial charge in [0.1, 0.15) is 0 Å². The molecule has 0 saturated heterocycles. The van der Waals surface area contributed by atoms with Gasteiger partial charge in [0.15, 0.2) is 17.3 Å². The van der Waals surface area contributed by atoms with Gasteiger partial charge in [-0.1, -0.05) is 17.7 Å². The Kier molecular flexibility index (Phi) is 7.11. The summed E-state index contributed by atoms with van der Waals surface area (Å²) in [5, 5.41) is 26.3. The number of carbonyl (C=O) groups is 2. The minimum Gasteiger partial charge on any atom is -0.503 e. The van der Waals surface area contributed by atoms with E-state index in [1.54, 1.807) is 18.3 Å². The van der Waals surface area contributed by atoms with Gasteiger partial charge >= 0.3 is 6.09 Å². The highest BCUT2D eigenvalue weighted by molar-refractivity contribution is 6.32. The monoisotopic (exact) mass is 523 g/mol. The zero-order valence-corrected chi connectivity index (χ0v) is 21.3. The van der Waals surface area contributed by atoms with Crippen molar-refractivity contribution < 1.29 is 24.5 Å². The molecule has 2 aromatic carbocycles. The highest BCUT2D eigenvalue weighted by Crippen LogP contribution is 2.41. The van der Waals surface area contributed by atoms with Gasteiger partial charge in [0.05, 0.1) is 28.9 Å². The van der Waals surface area contributed by atoms with Crippen molar-refractivity contribution in [3.63, 3.8) is 0 Å². The molecule has 2 aliphatic carbocycles. The molecule has 3 aromatic rings. The number of carbonyl (C=O) groups excluding carboxylic acids is 1. The summed E-state index contributed by atoms with van der Waals surface area (Å²) in [7, 11) is 1.48. The lowest BCUT2D eigenvalue weighted by Gasteiger charge is -2.30. The first-order chi connectivity index (χ1) is 17.8. The minimum absolute atomic E-state index is 0.0565. The number of hydrogen-bond acceptors (Lipinski definition) is 6. The molecule has 8 nitrogen and oxygen atoms in total. The first-order valence-corrected chi connectivity index (χ1v) is 13.0. The molecule has 5 rings (SSSR count). The van der Waals surface area contributed by atoms with E-state index in [1.807, 2.05) is 18.2 Å². The van der Waals surface area contributed by atoms with Gasteiger partial charge in [-0.3, -0.25) is 9.78 Å². The number of benzene rings is 2. The molecule has 2 aliphatic rings. The molecule has 2 saturated carbocycles. The quantitative estimate of drug-likeness (QED) is 0.263. The fourth-order valence-corrected chi connectivity index (χ4v) is 5.33. The molecule has 0 spiro atoms. The van der Waals surface area contributed by atoms with E-state index in [0.29, 0.717) is 18.0 Å². The van der Waals surface area contributed by atoms with Gasteiger partial charge in [-0.05, 0) is 79.8 Å². The van der Waals surface area contributed by atoms with Crippen molar-refractivity contribution in [2.24, 2.45) is 11.8 Å². The number of aromatic hydroxyl groups is 1. The summed E-state index contributed by atoms with van der Waals surface area (Å²) in [5.41, 5.74) is 3.82. The van der Waals surface area contributed by atoms with Crippen LogP contribution in [0.15, 0.2) is 36.5 Å². The number of pyridine rings is 1. The molecular formula is C28H30ClN3O5. The average Bonchev–Trinajstić information content (AvgIpc) is 3.75. The maximum absolute atomic E-state index is 13.2. The molecule has 9 heteroatoms. The number of ether oxygens (including phenoxy) is 1. The predicted molar refractivity (Wildman–Crippen MR) is 143 cm³/mol. The second-order valence-corrected chi connectivity index (χ2v) is 10.4. The molecule has 2 fully saturated rings. The molecule has 4 N–H and O–H groups in total. The lowest BCUT2D eigenvalue weighted by Crippen LogP contribution is -2.33. The molecule has 0 radical (unpaired) electrons. The number of phenols is 1. The molecule has 1 aromatic heterocycles. The lowest BCUT2D eigenvalue weighted by molar-refractivity contribution is 0.0968. The van der Waals surface area contributed by atoms with Crippen LogP contribution in [0.5, 0.6) is 11.5 Å². The lowest BCUT2D eigenvalue weighted by atomic mass is 9.85. The van der Waals surface area contributed by atoms with E-state index in [1.165, 1.54) is 7.11 Å². The number of phenolic OH excluding ortho intramolecular Hbond substituents is 1. The van der Waals surface area contributed by atoms with Crippen LogP contribution in [-0.4, -0.2) is 46.8 Å². The number of hydrogen-bond donors (Lipinski definition) is 4. The topological polar surface area (TPSA) is 121 Å². The maximum atomic E-state index is 13.2. The summed E-state index contributed by atoms with van der Waals surface area (Å²) in [6, 6.07) is 9.44. The van der Waals surface area contributed by atoms with Crippen LogP contribution in [0.4, 0.5) is 10.5 Å². The van der Waals surface area contributed by atoms with E-state index < -0.39 is 6.09 Å². The number of aromatic nitrogens is 1. The standard InChI is InChI=1S/C28H30ClN3O5/c1-37-24-12-18(11-22(29)27(24)34)17-6-9-23-20(10-17)25(21(14-30-23)26(33)16-4-5-16)32-19-7-2-15(3-8-19)13-31-28(35)36/h6,9-12,14-16,19,31,34H,2-5,7-8,13H2,1H3,(H,30,32)(H,35,36). The van der Waals surface area contributed by atoms with Crippen molar-refractivity contribution in [1.82, 2.24) is 10.3 Å². The Morgan fingerprint density at radius 1 is 1.08 bits per heavy atom.